The summed E-state index contributed by atoms with van der Waals surface area (Å²) in [6.07, 6.45) is 1.72. The van der Waals surface area contributed by atoms with Crippen LogP contribution in [0.2, 0.25) is 5.02 Å². The fourth-order valence-corrected chi connectivity index (χ4v) is 4.06. The van der Waals surface area contributed by atoms with Crippen LogP contribution < -0.4 is 10.1 Å². The lowest BCUT2D eigenvalue weighted by Gasteiger charge is -2.31. The Balaban J connectivity index is 1.44. The highest BCUT2D eigenvalue weighted by molar-refractivity contribution is 6.30. The first kappa shape index (κ1) is 21.7. The van der Waals surface area contributed by atoms with Crippen LogP contribution in [0.25, 0.3) is 0 Å². The van der Waals surface area contributed by atoms with Crippen molar-refractivity contribution in [3.8, 4) is 5.75 Å². The number of nitrogens with zero attached hydrogens (tertiary/aromatic N) is 2. The summed E-state index contributed by atoms with van der Waals surface area (Å²) in [6, 6.07) is 5.79. The summed E-state index contributed by atoms with van der Waals surface area (Å²) in [6.45, 7) is 7.58. The smallest absolute Gasteiger partial charge is 0.409 e. The van der Waals surface area contributed by atoms with E-state index in [-0.39, 0.29) is 24.1 Å². The van der Waals surface area contributed by atoms with E-state index in [4.69, 9.17) is 21.1 Å². The topological polar surface area (TPSA) is 71.1 Å². The molecule has 1 atom stereocenters. The monoisotopic (exact) mass is 423 g/mol. The Morgan fingerprint density at radius 3 is 2.79 bits per heavy atom. The van der Waals surface area contributed by atoms with E-state index < -0.39 is 0 Å². The zero-order valence-corrected chi connectivity index (χ0v) is 17.9. The van der Waals surface area contributed by atoms with Gasteiger partial charge in [0, 0.05) is 55.8 Å². The van der Waals surface area contributed by atoms with Crippen LogP contribution in [-0.2, 0) is 16.1 Å². The minimum absolute atomic E-state index is 0.0451. The summed E-state index contributed by atoms with van der Waals surface area (Å²) < 4.78 is 11.0. The predicted octanol–water partition coefficient (Wildman–Crippen LogP) is 3.05. The Morgan fingerprint density at radius 2 is 2.07 bits per heavy atom. The third kappa shape index (κ3) is 6.24. The molecule has 0 saturated carbocycles. The molecule has 2 amide bonds. The Hall–Kier alpha value is -1.99. The van der Waals surface area contributed by atoms with Gasteiger partial charge in [-0.1, -0.05) is 11.6 Å². The maximum atomic E-state index is 12.4. The van der Waals surface area contributed by atoms with Crippen molar-refractivity contribution in [2.75, 3.05) is 32.8 Å². The summed E-state index contributed by atoms with van der Waals surface area (Å²) in [7, 11) is 0. The number of likely N-dealkylation sites (tertiary alicyclic amines) is 1. The molecule has 2 heterocycles. The Morgan fingerprint density at radius 1 is 1.31 bits per heavy atom. The molecule has 160 valence electrons. The third-order valence-electron chi connectivity index (χ3n) is 5.30. The van der Waals surface area contributed by atoms with Gasteiger partial charge in [-0.2, -0.15) is 0 Å². The van der Waals surface area contributed by atoms with Crippen molar-refractivity contribution in [3.63, 3.8) is 0 Å². The number of nitrogens with one attached hydrogen (secondary N) is 1. The molecule has 0 unspecified atom stereocenters. The van der Waals surface area contributed by atoms with Crippen molar-refractivity contribution < 1.29 is 19.1 Å². The summed E-state index contributed by atoms with van der Waals surface area (Å²) in [5.74, 6) is 0.908. The molecule has 0 aliphatic carbocycles. The van der Waals surface area contributed by atoms with Crippen LogP contribution in [0.4, 0.5) is 4.79 Å². The van der Waals surface area contributed by atoms with Gasteiger partial charge < -0.3 is 19.7 Å². The predicted molar refractivity (Wildman–Crippen MR) is 111 cm³/mol. The lowest BCUT2D eigenvalue weighted by atomic mass is 10.1. The second-order valence-corrected chi connectivity index (χ2v) is 8.13. The van der Waals surface area contributed by atoms with E-state index in [0.717, 1.165) is 30.7 Å². The minimum Gasteiger partial charge on any atom is -0.489 e. The number of rotatable bonds is 5. The number of ether oxygens (including phenoxy) is 2. The quantitative estimate of drug-likeness (QED) is 0.788. The first-order valence-corrected chi connectivity index (χ1v) is 10.7. The van der Waals surface area contributed by atoms with E-state index in [2.05, 4.69) is 10.2 Å². The van der Waals surface area contributed by atoms with Gasteiger partial charge in [0.2, 0.25) is 5.91 Å². The number of carbonyl (C=O) groups is 2. The Bertz CT molecular complexity index is 722. The fourth-order valence-electron chi connectivity index (χ4n) is 3.86. The molecule has 0 bridgehead atoms. The van der Waals surface area contributed by atoms with Crippen LogP contribution in [0.15, 0.2) is 18.2 Å². The third-order valence-corrected chi connectivity index (χ3v) is 5.54. The number of carbonyl (C=O) groups excluding carboxylic acids is 2. The van der Waals surface area contributed by atoms with Crippen molar-refractivity contribution in [1.82, 2.24) is 15.1 Å². The van der Waals surface area contributed by atoms with Crippen LogP contribution in [0.1, 0.15) is 38.7 Å². The van der Waals surface area contributed by atoms with Crippen molar-refractivity contribution in [1.29, 1.82) is 0 Å². The van der Waals surface area contributed by atoms with Gasteiger partial charge in [0.25, 0.3) is 0 Å². The number of fused-ring (bicyclic) bond motifs is 1. The average Bonchev–Trinajstić information content (AvgIpc) is 2.84. The summed E-state index contributed by atoms with van der Waals surface area (Å²) >= 11 is 6.13. The molecule has 29 heavy (non-hydrogen) atoms. The number of piperidine rings is 1. The molecule has 1 aromatic rings. The van der Waals surface area contributed by atoms with Gasteiger partial charge >= 0.3 is 6.09 Å². The van der Waals surface area contributed by atoms with Gasteiger partial charge in [0.15, 0.2) is 0 Å². The highest BCUT2D eigenvalue weighted by Crippen LogP contribution is 2.28. The Kier molecular flexibility index (Phi) is 7.61. The largest absolute Gasteiger partial charge is 0.489 e. The van der Waals surface area contributed by atoms with Gasteiger partial charge in [-0.05, 0) is 44.9 Å². The molecule has 0 aromatic heterocycles. The summed E-state index contributed by atoms with van der Waals surface area (Å²) in [5.41, 5.74) is 1.05. The molecule has 1 aromatic carbocycles. The molecular weight excluding hydrogens is 394 g/mol. The van der Waals surface area contributed by atoms with Gasteiger partial charge in [0.05, 0.1) is 6.61 Å². The van der Waals surface area contributed by atoms with Gasteiger partial charge in [-0.3, -0.25) is 9.69 Å². The van der Waals surface area contributed by atoms with Crippen LogP contribution in [0.5, 0.6) is 5.75 Å². The highest BCUT2D eigenvalue weighted by Gasteiger charge is 2.25. The first-order chi connectivity index (χ1) is 13.9. The van der Waals surface area contributed by atoms with E-state index in [1.807, 2.05) is 25.1 Å². The maximum absolute atomic E-state index is 12.4. The van der Waals surface area contributed by atoms with E-state index in [1.54, 1.807) is 11.8 Å². The molecule has 7 nitrogen and oxygen atoms in total. The van der Waals surface area contributed by atoms with Crippen LogP contribution in [0, 0.1) is 0 Å². The van der Waals surface area contributed by atoms with Crippen molar-refractivity contribution in [2.45, 2.75) is 51.8 Å². The van der Waals surface area contributed by atoms with Crippen LogP contribution in [0.3, 0.4) is 0 Å². The van der Waals surface area contributed by atoms with Crippen LogP contribution in [-0.4, -0.2) is 66.7 Å². The van der Waals surface area contributed by atoms with Crippen LogP contribution >= 0.6 is 11.6 Å². The molecule has 2 aliphatic rings. The molecule has 0 spiro atoms. The molecule has 8 heteroatoms. The zero-order chi connectivity index (χ0) is 20.8. The standard InChI is InChI=1S/C21H30ClN3O4/c1-3-28-21(27)25-10-6-18(7-11-25)23-20(26)8-9-24-13-15(2)29-19-5-4-17(22)12-16(19)14-24/h4-5,12,15,18H,3,6-11,13-14H2,1-2H3,(H,23,26)/t15-/m0/s1. The first-order valence-electron chi connectivity index (χ1n) is 10.3. The lowest BCUT2D eigenvalue weighted by Crippen LogP contribution is -2.47. The van der Waals surface area contributed by atoms with E-state index in [0.29, 0.717) is 44.2 Å². The number of amides is 2. The van der Waals surface area contributed by atoms with Gasteiger partial charge in [-0.15, -0.1) is 0 Å². The molecule has 1 N–H and O–H groups in total. The van der Waals surface area contributed by atoms with Crippen molar-refractivity contribution in [2.24, 2.45) is 0 Å². The summed E-state index contributed by atoms with van der Waals surface area (Å²) in [5, 5.41) is 3.80. The Labute approximate surface area is 177 Å². The fraction of sp³-hybridized carbons (Fsp3) is 0.619. The minimum atomic E-state index is -0.268. The van der Waals surface area contributed by atoms with Crippen molar-refractivity contribution >= 4 is 23.6 Å². The number of hydrogen-bond acceptors (Lipinski definition) is 5. The van der Waals surface area contributed by atoms with Crippen molar-refractivity contribution in [3.05, 3.63) is 28.8 Å². The van der Waals surface area contributed by atoms with E-state index in [9.17, 15) is 9.59 Å². The molecule has 1 fully saturated rings. The second-order valence-electron chi connectivity index (χ2n) is 7.69. The maximum Gasteiger partial charge on any atom is 0.409 e. The van der Waals surface area contributed by atoms with Gasteiger partial charge in [-0.25, -0.2) is 4.79 Å². The molecule has 0 radical (unpaired) electrons. The number of halogens is 1. The van der Waals surface area contributed by atoms with E-state index in [1.165, 1.54) is 0 Å². The van der Waals surface area contributed by atoms with Gasteiger partial charge in [0.1, 0.15) is 11.9 Å². The zero-order valence-electron chi connectivity index (χ0n) is 17.2. The summed E-state index contributed by atoms with van der Waals surface area (Å²) in [4.78, 5) is 28.1. The molecule has 2 aliphatic heterocycles. The molecular formula is C21H30ClN3O4. The molecule has 3 rings (SSSR count). The lowest BCUT2D eigenvalue weighted by molar-refractivity contribution is -0.122. The number of hydrogen-bond donors (Lipinski definition) is 1. The van der Waals surface area contributed by atoms with E-state index >= 15 is 0 Å². The SMILES string of the molecule is CCOC(=O)N1CCC(NC(=O)CCN2Cc3cc(Cl)ccc3O[C@@H](C)C2)CC1. The molecule has 1 saturated heterocycles. The second kappa shape index (κ2) is 10.2. The number of benzene rings is 1. The highest BCUT2D eigenvalue weighted by atomic mass is 35.5. The normalized spacial score (nSPS) is 20.4. The average molecular weight is 424 g/mol.